The Morgan fingerprint density at radius 3 is 2.58 bits per heavy atom. The smallest absolute Gasteiger partial charge is 0.335 e. The topological polar surface area (TPSA) is 70.3 Å². The number of benzene rings is 2. The number of carboxylic acid groups (broad SMARTS) is 1. The Morgan fingerprint density at radius 1 is 1.21 bits per heavy atom. The number of rotatable bonds is 3. The highest BCUT2D eigenvalue weighted by molar-refractivity contribution is 14.1. The highest BCUT2D eigenvalue weighted by Gasteiger charge is 2.11. The van der Waals surface area contributed by atoms with E-state index in [2.05, 4.69) is 22.6 Å². The third kappa shape index (κ3) is 3.03. The van der Waals surface area contributed by atoms with E-state index >= 15 is 0 Å². The third-order valence-electron chi connectivity index (χ3n) is 2.40. The molecule has 0 unspecified atom stereocenters. The molecule has 0 saturated carbocycles. The normalized spacial score (nSPS) is 9.68. The van der Waals surface area contributed by atoms with Gasteiger partial charge in [0.1, 0.15) is 17.6 Å². The highest BCUT2D eigenvalue weighted by atomic mass is 127. The summed E-state index contributed by atoms with van der Waals surface area (Å²) in [6.07, 6.45) is 0. The van der Waals surface area contributed by atoms with Crippen molar-refractivity contribution in [3.8, 4) is 17.6 Å². The maximum Gasteiger partial charge on any atom is 0.335 e. The Labute approximate surface area is 123 Å². The van der Waals surface area contributed by atoms with Gasteiger partial charge in [-0.25, -0.2) is 4.79 Å². The number of aromatic carboxylic acids is 1. The van der Waals surface area contributed by atoms with E-state index in [0.29, 0.717) is 11.5 Å². The van der Waals surface area contributed by atoms with E-state index in [9.17, 15) is 4.79 Å². The lowest BCUT2D eigenvalue weighted by Crippen LogP contribution is -1.98. The summed E-state index contributed by atoms with van der Waals surface area (Å²) in [5.41, 5.74) is 0.256. The summed E-state index contributed by atoms with van der Waals surface area (Å²) in [5.74, 6) is -0.100. The molecule has 0 spiro atoms. The van der Waals surface area contributed by atoms with Crippen LogP contribution in [0.5, 0.6) is 11.5 Å². The van der Waals surface area contributed by atoms with Crippen molar-refractivity contribution in [3.63, 3.8) is 0 Å². The zero-order valence-electron chi connectivity index (χ0n) is 9.63. The second-order valence-corrected chi connectivity index (χ2v) is 4.82. The van der Waals surface area contributed by atoms with Gasteiger partial charge in [0.25, 0.3) is 0 Å². The van der Waals surface area contributed by atoms with E-state index < -0.39 is 5.97 Å². The summed E-state index contributed by atoms with van der Waals surface area (Å²) in [4.78, 5) is 10.8. The lowest BCUT2D eigenvalue weighted by atomic mass is 10.1. The molecule has 94 valence electrons. The molecule has 2 aromatic carbocycles. The van der Waals surface area contributed by atoms with Crippen LogP contribution >= 0.6 is 22.6 Å². The number of carboxylic acids is 1. The molecule has 4 nitrogen and oxygen atoms in total. The Kier molecular flexibility index (Phi) is 4.02. The zero-order chi connectivity index (χ0) is 13.8. The Balaban J connectivity index is 2.39. The Morgan fingerprint density at radius 2 is 1.95 bits per heavy atom. The fraction of sp³-hybridized carbons (Fsp3) is 0. The van der Waals surface area contributed by atoms with Crippen molar-refractivity contribution in [2.24, 2.45) is 0 Å². The summed E-state index contributed by atoms with van der Waals surface area (Å²) in [6.45, 7) is 0. The molecule has 0 saturated heterocycles. The molecule has 0 heterocycles. The fourth-order valence-corrected chi connectivity index (χ4v) is 1.98. The Hall–Kier alpha value is -2.07. The van der Waals surface area contributed by atoms with E-state index in [1.165, 1.54) is 18.2 Å². The van der Waals surface area contributed by atoms with Crippen LogP contribution in [0.4, 0.5) is 0 Å². The minimum absolute atomic E-state index is 0.0617. The number of hydrogen-bond donors (Lipinski definition) is 1. The van der Waals surface area contributed by atoms with E-state index in [1.807, 2.05) is 24.3 Å². The van der Waals surface area contributed by atoms with Crippen molar-refractivity contribution in [1.82, 2.24) is 0 Å². The molecule has 0 aliphatic rings. The van der Waals surface area contributed by atoms with Crippen molar-refractivity contribution in [2.45, 2.75) is 0 Å². The van der Waals surface area contributed by atoms with Gasteiger partial charge in [-0.3, -0.25) is 0 Å². The molecule has 2 aromatic rings. The summed E-state index contributed by atoms with van der Waals surface area (Å²) in [5, 5.41) is 17.9. The van der Waals surface area contributed by atoms with Gasteiger partial charge in [0.05, 0.1) is 14.7 Å². The number of para-hydroxylation sites is 1. The van der Waals surface area contributed by atoms with Crippen molar-refractivity contribution in [2.75, 3.05) is 0 Å². The van der Waals surface area contributed by atoms with Gasteiger partial charge in [0.15, 0.2) is 0 Å². The summed E-state index contributed by atoms with van der Waals surface area (Å²) in [6, 6.07) is 13.5. The molecule has 0 aliphatic heterocycles. The van der Waals surface area contributed by atoms with E-state index in [0.717, 1.165) is 3.57 Å². The molecule has 0 bridgehead atoms. The van der Waals surface area contributed by atoms with Crippen molar-refractivity contribution < 1.29 is 14.6 Å². The van der Waals surface area contributed by atoms with E-state index in [4.69, 9.17) is 15.1 Å². The number of halogens is 1. The van der Waals surface area contributed by atoms with Gasteiger partial charge in [-0.1, -0.05) is 12.1 Å². The average molecular weight is 365 g/mol. The number of hydrogen-bond acceptors (Lipinski definition) is 3. The SMILES string of the molecule is N#Cc1cc(C(=O)O)ccc1Oc1ccccc1I. The van der Waals surface area contributed by atoms with Gasteiger partial charge in [-0.05, 0) is 52.9 Å². The van der Waals surface area contributed by atoms with Gasteiger partial charge in [0.2, 0.25) is 0 Å². The maximum absolute atomic E-state index is 10.8. The molecule has 5 heteroatoms. The first kappa shape index (κ1) is 13.4. The van der Waals surface area contributed by atoms with Crippen LogP contribution in [0, 0.1) is 14.9 Å². The summed E-state index contributed by atoms with van der Waals surface area (Å²) >= 11 is 2.13. The fourth-order valence-electron chi connectivity index (χ4n) is 1.49. The van der Waals surface area contributed by atoms with Crippen LogP contribution in [0.1, 0.15) is 15.9 Å². The monoisotopic (exact) mass is 365 g/mol. The van der Waals surface area contributed by atoms with E-state index in [-0.39, 0.29) is 11.1 Å². The van der Waals surface area contributed by atoms with Crippen LogP contribution in [0.15, 0.2) is 42.5 Å². The van der Waals surface area contributed by atoms with Gasteiger partial charge < -0.3 is 9.84 Å². The molecule has 0 aliphatic carbocycles. The van der Waals surface area contributed by atoms with Crippen LogP contribution in [0.2, 0.25) is 0 Å². The number of carbonyl (C=O) groups is 1. The van der Waals surface area contributed by atoms with Gasteiger partial charge >= 0.3 is 5.97 Å². The molecule has 0 amide bonds. The first-order chi connectivity index (χ1) is 9.11. The standard InChI is InChI=1S/C14H8INO3/c15-11-3-1-2-4-13(11)19-12-6-5-9(14(17)18)7-10(12)8-16/h1-7H,(H,17,18). The first-order valence-corrected chi connectivity index (χ1v) is 6.39. The summed E-state index contributed by atoms with van der Waals surface area (Å²) < 4.78 is 6.55. The minimum atomic E-state index is -1.07. The predicted octanol–water partition coefficient (Wildman–Crippen LogP) is 3.65. The van der Waals surface area contributed by atoms with Crippen LogP contribution < -0.4 is 4.74 Å². The van der Waals surface area contributed by atoms with Gasteiger partial charge in [-0.15, -0.1) is 0 Å². The van der Waals surface area contributed by atoms with Crippen LogP contribution in [0.3, 0.4) is 0 Å². The van der Waals surface area contributed by atoms with Crippen LogP contribution in [-0.2, 0) is 0 Å². The molecular weight excluding hydrogens is 357 g/mol. The van der Waals surface area contributed by atoms with Crippen LogP contribution in [0.25, 0.3) is 0 Å². The van der Waals surface area contributed by atoms with Crippen LogP contribution in [-0.4, -0.2) is 11.1 Å². The molecule has 0 aromatic heterocycles. The Bertz CT molecular complexity index is 677. The van der Waals surface area contributed by atoms with Crippen molar-refractivity contribution in [3.05, 3.63) is 57.2 Å². The molecule has 0 radical (unpaired) electrons. The lowest BCUT2D eigenvalue weighted by Gasteiger charge is -2.09. The second-order valence-electron chi connectivity index (χ2n) is 3.66. The van der Waals surface area contributed by atoms with Gasteiger partial charge in [-0.2, -0.15) is 5.26 Å². The maximum atomic E-state index is 10.8. The third-order valence-corrected chi connectivity index (χ3v) is 3.29. The number of nitriles is 1. The van der Waals surface area contributed by atoms with E-state index in [1.54, 1.807) is 6.07 Å². The number of nitrogens with zero attached hydrogens (tertiary/aromatic N) is 1. The number of ether oxygens (including phenoxy) is 1. The lowest BCUT2D eigenvalue weighted by molar-refractivity contribution is 0.0697. The molecule has 1 N–H and O–H groups in total. The largest absolute Gasteiger partial charge is 0.478 e. The highest BCUT2D eigenvalue weighted by Crippen LogP contribution is 2.29. The zero-order valence-corrected chi connectivity index (χ0v) is 11.8. The first-order valence-electron chi connectivity index (χ1n) is 5.31. The van der Waals surface area contributed by atoms with Gasteiger partial charge in [0, 0.05) is 0 Å². The molecule has 2 rings (SSSR count). The van der Waals surface area contributed by atoms with Crippen molar-refractivity contribution >= 4 is 28.6 Å². The minimum Gasteiger partial charge on any atom is -0.478 e. The molecular formula is C14H8INO3. The predicted molar refractivity (Wildman–Crippen MR) is 77.3 cm³/mol. The average Bonchev–Trinajstić information content (AvgIpc) is 2.41. The summed E-state index contributed by atoms with van der Waals surface area (Å²) in [7, 11) is 0. The quantitative estimate of drug-likeness (QED) is 0.843. The molecule has 0 fully saturated rings. The second kappa shape index (κ2) is 5.71. The molecule has 19 heavy (non-hydrogen) atoms. The molecule has 0 atom stereocenters. The van der Waals surface area contributed by atoms with Crippen molar-refractivity contribution in [1.29, 1.82) is 5.26 Å².